The summed E-state index contributed by atoms with van der Waals surface area (Å²) < 4.78 is 7.14. The summed E-state index contributed by atoms with van der Waals surface area (Å²) in [7, 11) is 0. The second kappa shape index (κ2) is 5.36. The molecule has 1 N–H and O–H groups in total. The van der Waals surface area contributed by atoms with E-state index in [1.807, 2.05) is 6.07 Å². The van der Waals surface area contributed by atoms with E-state index in [1.54, 1.807) is 11.0 Å². The van der Waals surface area contributed by atoms with E-state index in [4.69, 9.17) is 4.74 Å². The predicted octanol–water partition coefficient (Wildman–Crippen LogP) is 1.56. The molecule has 1 aliphatic rings. The molecule has 0 spiro atoms. The van der Waals surface area contributed by atoms with Gasteiger partial charge in [0.2, 0.25) is 0 Å². The lowest BCUT2D eigenvalue weighted by atomic mass is 10.1. The minimum atomic E-state index is 0.409. The van der Waals surface area contributed by atoms with E-state index in [-0.39, 0.29) is 0 Å². The number of rotatable bonds is 3. The number of benzene rings is 1. The molecule has 1 atom stereocenters. The molecule has 1 saturated heterocycles. The Kier molecular flexibility index (Phi) is 3.41. The Labute approximate surface area is 111 Å². The fourth-order valence-electron chi connectivity index (χ4n) is 2.36. The minimum absolute atomic E-state index is 0.409. The van der Waals surface area contributed by atoms with Crippen molar-refractivity contribution in [3.05, 3.63) is 30.1 Å². The van der Waals surface area contributed by atoms with Gasteiger partial charge in [0.1, 0.15) is 6.33 Å². The molecule has 1 aromatic heterocycles. The smallest absolute Gasteiger partial charge is 0.143 e. The van der Waals surface area contributed by atoms with Crippen LogP contribution in [0.25, 0.3) is 5.69 Å². The first-order valence-corrected chi connectivity index (χ1v) is 6.51. The van der Waals surface area contributed by atoms with Gasteiger partial charge in [-0.15, -0.1) is 5.10 Å². The van der Waals surface area contributed by atoms with E-state index < -0.39 is 0 Å². The maximum atomic E-state index is 5.47. The van der Waals surface area contributed by atoms with Crippen LogP contribution in [0.2, 0.25) is 0 Å². The van der Waals surface area contributed by atoms with Gasteiger partial charge in [0.05, 0.1) is 12.3 Å². The Morgan fingerprint density at radius 2 is 2.37 bits per heavy atom. The largest absolute Gasteiger partial charge is 0.380 e. The highest BCUT2D eigenvalue weighted by Crippen LogP contribution is 2.20. The van der Waals surface area contributed by atoms with E-state index in [9.17, 15) is 0 Å². The van der Waals surface area contributed by atoms with E-state index in [2.05, 4.69) is 39.9 Å². The van der Waals surface area contributed by atoms with Crippen LogP contribution in [0, 0.1) is 6.92 Å². The Bertz CT molecular complexity index is 534. The molecule has 0 saturated carbocycles. The van der Waals surface area contributed by atoms with Crippen molar-refractivity contribution in [2.24, 2.45) is 0 Å². The average molecular weight is 259 g/mol. The maximum Gasteiger partial charge on any atom is 0.143 e. The van der Waals surface area contributed by atoms with Crippen molar-refractivity contribution < 1.29 is 4.74 Å². The number of aryl methyl sites for hydroxylation is 1. The van der Waals surface area contributed by atoms with Gasteiger partial charge < -0.3 is 10.1 Å². The van der Waals surface area contributed by atoms with E-state index in [0.717, 1.165) is 43.0 Å². The maximum absolute atomic E-state index is 5.47. The Balaban J connectivity index is 1.75. The predicted molar refractivity (Wildman–Crippen MR) is 71.4 cm³/mol. The first-order chi connectivity index (χ1) is 9.33. The molecular formula is C13H17N5O. The summed E-state index contributed by atoms with van der Waals surface area (Å²) in [6.07, 6.45) is 3.89. The van der Waals surface area contributed by atoms with Crippen molar-refractivity contribution in [1.82, 2.24) is 20.2 Å². The molecule has 3 rings (SSSR count). The summed E-state index contributed by atoms with van der Waals surface area (Å²) in [4.78, 5) is 0. The summed E-state index contributed by atoms with van der Waals surface area (Å²) in [5.74, 6) is 0. The molecule has 1 fully saturated rings. The van der Waals surface area contributed by atoms with Crippen molar-refractivity contribution in [2.75, 3.05) is 18.5 Å². The SMILES string of the molecule is Cc1cc(NC2CCCOC2)ccc1-n1cnnn1. The highest BCUT2D eigenvalue weighted by atomic mass is 16.5. The van der Waals surface area contributed by atoms with Gasteiger partial charge in [0.15, 0.2) is 0 Å². The first-order valence-electron chi connectivity index (χ1n) is 6.51. The third-order valence-corrected chi connectivity index (χ3v) is 3.32. The minimum Gasteiger partial charge on any atom is -0.380 e. The number of ether oxygens (including phenoxy) is 1. The summed E-state index contributed by atoms with van der Waals surface area (Å²) in [6, 6.07) is 6.61. The van der Waals surface area contributed by atoms with Crippen molar-refractivity contribution in [3.63, 3.8) is 0 Å². The molecule has 6 heteroatoms. The number of anilines is 1. The van der Waals surface area contributed by atoms with E-state index >= 15 is 0 Å². The van der Waals surface area contributed by atoms with Gasteiger partial charge in [0.25, 0.3) is 0 Å². The van der Waals surface area contributed by atoms with Gasteiger partial charge >= 0.3 is 0 Å². The van der Waals surface area contributed by atoms with Crippen molar-refractivity contribution >= 4 is 5.69 Å². The standard InChI is InChI=1S/C13H17N5O/c1-10-7-11(15-12-3-2-6-19-8-12)4-5-13(10)18-9-14-16-17-18/h4-5,7,9,12,15H,2-3,6,8H2,1H3. The van der Waals surface area contributed by atoms with Crippen molar-refractivity contribution in [3.8, 4) is 5.69 Å². The lowest BCUT2D eigenvalue weighted by Gasteiger charge is -2.24. The van der Waals surface area contributed by atoms with Crippen molar-refractivity contribution in [1.29, 1.82) is 0 Å². The normalized spacial score (nSPS) is 19.3. The zero-order valence-electron chi connectivity index (χ0n) is 10.9. The van der Waals surface area contributed by atoms with Gasteiger partial charge in [-0.3, -0.25) is 0 Å². The molecule has 0 bridgehead atoms. The van der Waals surface area contributed by atoms with Gasteiger partial charge in [-0.1, -0.05) is 0 Å². The zero-order valence-corrected chi connectivity index (χ0v) is 10.9. The molecule has 2 aromatic rings. The Morgan fingerprint density at radius 1 is 1.42 bits per heavy atom. The van der Waals surface area contributed by atoms with E-state index in [0.29, 0.717) is 6.04 Å². The Morgan fingerprint density at radius 3 is 3.05 bits per heavy atom. The number of hydrogen-bond donors (Lipinski definition) is 1. The highest BCUT2D eigenvalue weighted by Gasteiger charge is 2.13. The summed E-state index contributed by atoms with van der Waals surface area (Å²) >= 11 is 0. The van der Waals surface area contributed by atoms with Crippen LogP contribution in [-0.4, -0.2) is 39.5 Å². The van der Waals surface area contributed by atoms with Crippen LogP contribution in [0.3, 0.4) is 0 Å². The second-order valence-electron chi connectivity index (χ2n) is 4.81. The first kappa shape index (κ1) is 12.1. The quantitative estimate of drug-likeness (QED) is 0.906. The van der Waals surface area contributed by atoms with E-state index in [1.165, 1.54) is 0 Å². The van der Waals surface area contributed by atoms with Crippen LogP contribution in [-0.2, 0) is 4.74 Å². The van der Waals surface area contributed by atoms with Gasteiger partial charge in [-0.05, 0) is 54.0 Å². The van der Waals surface area contributed by atoms with Crippen LogP contribution in [0.5, 0.6) is 0 Å². The number of aromatic nitrogens is 4. The molecule has 1 aromatic carbocycles. The topological polar surface area (TPSA) is 64.9 Å². The fourth-order valence-corrected chi connectivity index (χ4v) is 2.36. The molecule has 6 nitrogen and oxygen atoms in total. The monoisotopic (exact) mass is 259 g/mol. The van der Waals surface area contributed by atoms with Gasteiger partial charge in [-0.2, -0.15) is 0 Å². The summed E-state index contributed by atoms with van der Waals surface area (Å²) in [5.41, 5.74) is 3.24. The highest BCUT2D eigenvalue weighted by molar-refractivity contribution is 5.53. The zero-order chi connectivity index (χ0) is 13.1. The summed E-state index contributed by atoms with van der Waals surface area (Å²) in [6.45, 7) is 3.73. The molecule has 0 radical (unpaired) electrons. The lowest BCUT2D eigenvalue weighted by molar-refractivity contribution is 0.0876. The summed E-state index contributed by atoms with van der Waals surface area (Å²) in [5, 5.41) is 14.7. The van der Waals surface area contributed by atoms with Crippen molar-refractivity contribution in [2.45, 2.75) is 25.8 Å². The number of tetrazole rings is 1. The van der Waals surface area contributed by atoms with Crippen LogP contribution in [0.4, 0.5) is 5.69 Å². The third kappa shape index (κ3) is 2.73. The second-order valence-corrected chi connectivity index (χ2v) is 4.81. The van der Waals surface area contributed by atoms with Gasteiger partial charge in [-0.25, -0.2) is 4.68 Å². The Hall–Kier alpha value is -1.95. The average Bonchev–Trinajstić information content (AvgIpc) is 2.94. The molecule has 1 aliphatic heterocycles. The van der Waals surface area contributed by atoms with Crippen LogP contribution >= 0.6 is 0 Å². The molecule has 100 valence electrons. The van der Waals surface area contributed by atoms with Crippen LogP contribution in [0.15, 0.2) is 24.5 Å². The molecule has 0 aliphatic carbocycles. The molecule has 2 heterocycles. The molecular weight excluding hydrogens is 242 g/mol. The van der Waals surface area contributed by atoms with Gasteiger partial charge in [0, 0.05) is 18.3 Å². The molecule has 19 heavy (non-hydrogen) atoms. The van der Waals surface area contributed by atoms with Crippen LogP contribution < -0.4 is 5.32 Å². The number of nitrogens with zero attached hydrogens (tertiary/aromatic N) is 4. The molecule has 1 unspecified atom stereocenters. The third-order valence-electron chi connectivity index (χ3n) is 3.32. The fraction of sp³-hybridized carbons (Fsp3) is 0.462. The number of nitrogens with one attached hydrogen (secondary N) is 1. The number of hydrogen-bond acceptors (Lipinski definition) is 5. The molecule has 0 amide bonds. The lowest BCUT2D eigenvalue weighted by Crippen LogP contribution is -2.29. The van der Waals surface area contributed by atoms with Crippen LogP contribution in [0.1, 0.15) is 18.4 Å².